The fraction of sp³-hybridized carbons (Fsp3) is 0.400. The second-order valence-electron chi connectivity index (χ2n) is 3.56. The lowest BCUT2D eigenvalue weighted by Gasteiger charge is -2.17. The third-order valence-corrected chi connectivity index (χ3v) is 2.58. The number of nitro benzene ring substituents is 1. The zero-order valence-electron chi connectivity index (χ0n) is 8.15. The van der Waals surface area contributed by atoms with Gasteiger partial charge in [-0.3, -0.25) is 10.1 Å². The Morgan fingerprint density at radius 1 is 1.33 bits per heavy atom. The van der Waals surface area contributed by atoms with Gasteiger partial charge in [0.2, 0.25) is 0 Å². The zero-order chi connectivity index (χ0) is 10.8. The number of rotatable bonds is 2. The van der Waals surface area contributed by atoms with Crippen molar-refractivity contribution in [3.8, 4) is 0 Å². The molecule has 0 radical (unpaired) electrons. The SMILES string of the molecule is O=[N+]([O-])c1cccc(F)c1N1CCCC1. The van der Waals surface area contributed by atoms with Gasteiger partial charge in [0.25, 0.3) is 5.69 Å². The van der Waals surface area contributed by atoms with Gasteiger partial charge in [0.05, 0.1) is 4.92 Å². The van der Waals surface area contributed by atoms with E-state index in [2.05, 4.69) is 0 Å². The van der Waals surface area contributed by atoms with Crippen molar-refractivity contribution in [3.63, 3.8) is 0 Å². The van der Waals surface area contributed by atoms with Crippen LogP contribution in [0.2, 0.25) is 0 Å². The molecule has 0 N–H and O–H groups in total. The Labute approximate surface area is 86.5 Å². The summed E-state index contributed by atoms with van der Waals surface area (Å²) in [5.41, 5.74) is -0.00287. The molecule has 0 unspecified atom stereocenters. The van der Waals surface area contributed by atoms with Crippen LogP contribution in [-0.2, 0) is 0 Å². The topological polar surface area (TPSA) is 46.4 Å². The quantitative estimate of drug-likeness (QED) is 0.556. The average Bonchev–Trinajstić information content (AvgIpc) is 2.70. The predicted molar refractivity (Wildman–Crippen MR) is 54.5 cm³/mol. The molecule has 2 rings (SSSR count). The third kappa shape index (κ3) is 1.77. The van der Waals surface area contributed by atoms with E-state index in [1.807, 2.05) is 0 Å². The number of hydrogen-bond donors (Lipinski definition) is 0. The molecule has 0 amide bonds. The number of nitrogens with zero attached hydrogens (tertiary/aromatic N) is 2. The van der Waals surface area contributed by atoms with Crippen LogP contribution < -0.4 is 4.90 Å². The summed E-state index contributed by atoms with van der Waals surface area (Å²) >= 11 is 0. The Kier molecular flexibility index (Phi) is 2.53. The molecular formula is C10H11FN2O2. The summed E-state index contributed by atoms with van der Waals surface area (Å²) in [7, 11) is 0. The normalized spacial score (nSPS) is 15.7. The first kappa shape index (κ1) is 9.89. The van der Waals surface area contributed by atoms with Gasteiger partial charge < -0.3 is 4.90 Å². The number of para-hydroxylation sites is 1. The van der Waals surface area contributed by atoms with Crippen LogP contribution in [0.4, 0.5) is 15.8 Å². The number of halogens is 1. The van der Waals surface area contributed by atoms with Crippen molar-refractivity contribution in [1.82, 2.24) is 0 Å². The second-order valence-corrected chi connectivity index (χ2v) is 3.56. The molecule has 0 aromatic heterocycles. The van der Waals surface area contributed by atoms with Gasteiger partial charge in [-0.2, -0.15) is 0 Å². The Balaban J connectivity index is 2.46. The van der Waals surface area contributed by atoms with Crippen LogP contribution in [0.3, 0.4) is 0 Å². The third-order valence-electron chi connectivity index (χ3n) is 2.58. The summed E-state index contributed by atoms with van der Waals surface area (Å²) in [5, 5.41) is 10.7. The van der Waals surface area contributed by atoms with Crippen molar-refractivity contribution < 1.29 is 9.31 Å². The maximum Gasteiger partial charge on any atom is 0.295 e. The molecular weight excluding hydrogens is 199 g/mol. The van der Waals surface area contributed by atoms with Crippen LogP contribution in [0.5, 0.6) is 0 Å². The first-order chi connectivity index (χ1) is 7.20. The smallest absolute Gasteiger partial charge is 0.295 e. The van der Waals surface area contributed by atoms with Crippen LogP contribution in [0.1, 0.15) is 12.8 Å². The van der Waals surface area contributed by atoms with E-state index >= 15 is 0 Å². The lowest BCUT2D eigenvalue weighted by molar-refractivity contribution is -0.384. The van der Waals surface area contributed by atoms with Crippen LogP contribution in [-0.4, -0.2) is 18.0 Å². The van der Waals surface area contributed by atoms with E-state index in [1.165, 1.54) is 18.2 Å². The van der Waals surface area contributed by atoms with Crippen molar-refractivity contribution in [2.24, 2.45) is 0 Å². The predicted octanol–water partition coefficient (Wildman–Crippen LogP) is 2.33. The molecule has 0 spiro atoms. The van der Waals surface area contributed by atoms with Crippen LogP contribution in [0, 0.1) is 15.9 Å². The Morgan fingerprint density at radius 2 is 2.00 bits per heavy atom. The molecule has 1 aliphatic rings. The first-order valence-electron chi connectivity index (χ1n) is 4.88. The Morgan fingerprint density at radius 3 is 2.60 bits per heavy atom. The molecule has 0 atom stereocenters. The molecule has 1 aromatic rings. The molecule has 80 valence electrons. The average molecular weight is 210 g/mol. The lowest BCUT2D eigenvalue weighted by Crippen LogP contribution is -2.20. The van der Waals surface area contributed by atoms with Crippen molar-refractivity contribution in [2.45, 2.75) is 12.8 Å². The van der Waals surface area contributed by atoms with E-state index in [4.69, 9.17) is 0 Å². The molecule has 5 heteroatoms. The Bertz CT molecular complexity index is 389. The van der Waals surface area contributed by atoms with Gasteiger partial charge in [-0.1, -0.05) is 6.07 Å². The number of hydrogen-bond acceptors (Lipinski definition) is 3. The fourth-order valence-corrected chi connectivity index (χ4v) is 1.91. The summed E-state index contributed by atoms with van der Waals surface area (Å²) in [4.78, 5) is 12.0. The molecule has 15 heavy (non-hydrogen) atoms. The van der Waals surface area contributed by atoms with Gasteiger partial charge in [-0.15, -0.1) is 0 Å². The highest BCUT2D eigenvalue weighted by atomic mass is 19.1. The summed E-state index contributed by atoms with van der Waals surface area (Å²) in [6.07, 6.45) is 1.93. The minimum absolute atomic E-state index is 0.139. The minimum Gasteiger partial charge on any atom is -0.364 e. The number of benzene rings is 1. The summed E-state index contributed by atoms with van der Waals surface area (Å²) in [5.74, 6) is -0.508. The highest BCUT2D eigenvalue weighted by Gasteiger charge is 2.25. The van der Waals surface area contributed by atoms with Gasteiger partial charge in [-0.25, -0.2) is 4.39 Å². The van der Waals surface area contributed by atoms with Crippen LogP contribution in [0.15, 0.2) is 18.2 Å². The van der Waals surface area contributed by atoms with E-state index < -0.39 is 10.7 Å². The summed E-state index contributed by atoms with van der Waals surface area (Å²) < 4.78 is 13.5. The van der Waals surface area contributed by atoms with E-state index in [1.54, 1.807) is 4.90 Å². The van der Waals surface area contributed by atoms with Crippen molar-refractivity contribution in [1.29, 1.82) is 0 Å². The van der Waals surface area contributed by atoms with E-state index in [0.717, 1.165) is 12.8 Å². The molecule has 4 nitrogen and oxygen atoms in total. The molecule has 1 fully saturated rings. The van der Waals surface area contributed by atoms with Crippen LogP contribution >= 0.6 is 0 Å². The van der Waals surface area contributed by atoms with E-state index in [0.29, 0.717) is 13.1 Å². The molecule has 1 aliphatic heterocycles. The molecule has 1 heterocycles. The number of anilines is 1. The fourth-order valence-electron chi connectivity index (χ4n) is 1.91. The largest absolute Gasteiger partial charge is 0.364 e. The standard InChI is InChI=1S/C10H11FN2O2/c11-8-4-3-5-9(13(14)15)10(8)12-6-1-2-7-12/h3-5H,1-2,6-7H2. The summed E-state index contributed by atoms with van der Waals surface area (Å²) in [6.45, 7) is 1.39. The highest BCUT2D eigenvalue weighted by molar-refractivity contribution is 5.64. The van der Waals surface area contributed by atoms with Gasteiger partial charge >= 0.3 is 0 Å². The monoisotopic (exact) mass is 210 g/mol. The molecule has 1 saturated heterocycles. The molecule has 0 saturated carbocycles. The first-order valence-corrected chi connectivity index (χ1v) is 4.88. The molecule has 0 aliphatic carbocycles. The lowest BCUT2D eigenvalue weighted by atomic mass is 10.2. The van der Waals surface area contributed by atoms with Gasteiger partial charge in [-0.05, 0) is 18.9 Å². The summed E-state index contributed by atoms with van der Waals surface area (Å²) in [6, 6.07) is 3.98. The molecule has 1 aromatic carbocycles. The maximum atomic E-state index is 13.5. The minimum atomic E-state index is -0.531. The van der Waals surface area contributed by atoms with Gasteiger partial charge in [0, 0.05) is 19.2 Å². The maximum absolute atomic E-state index is 13.5. The van der Waals surface area contributed by atoms with Gasteiger partial charge in [0.1, 0.15) is 0 Å². The van der Waals surface area contributed by atoms with Gasteiger partial charge in [0.15, 0.2) is 11.5 Å². The Hall–Kier alpha value is -1.65. The van der Waals surface area contributed by atoms with E-state index in [-0.39, 0.29) is 11.4 Å². The van der Waals surface area contributed by atoms with Crippen LogP contribution in [0.25, 0.3) is 0 Å². The van der Waals surface area contributed by atoms with Crippen molar-refractivity contribution in [2.75, 3.05) is 18.0 Å². The second kappa shape index (κ2) is 3.84. The van der Waals surface area contributed by atoms with Crippen molar-refractivity contribution >= 4 is 11.4 Å². The highest BCUT2D eigenvalue weighted by Crippen LogP contribution is 2.32. The number of nitro groups is 1. The molecule has 0 bridgehead atoms. The van der Waals surface area contributed by atoms with E-state index in [9.17, 15) is 14.5 Å². The van der Waals surface area contributed by atoms with Crippen molar-refractivity contribution in [3.05, 3.63) is 34.1 Å². The zero-order valence-corrected chi connectivity index (χ0v) is 8.15.